The Morgan fingerprint density at radius 3 is 2.73 bits per heavy atom. The lowest BCUT2D eigenvalue weighted by molar-refractivity contribution is -0.384. The van der Waals surface area contributed by atoms with Crippen molar-refractivity contribution in [2.75, 3.05) is 11.9 Å². The molecule has 0 aliphatic carbocycles. The van der Waals surface area contributed by atoms with Crippen LogP contribution in [-0.2, 0) is 0 Å². The molecule has 7 nitrogen and oxygen atoms in total. The first-order valence-electron chi connectivity index (χ1n) is 6.41. The number of benzene rings is 1. The zero-order chi connectivity index (χ0) is 16.5. The van der Waals surface area contributed by atoms with Crippen LogP contribution in [0.15, 0.2) is 28.4 Å². The van der Waals surface area contributed by atoms with Crippen LogP contribution in [0.5, 0.6) is 5.75 Å². The van der Waals surface area contributed by atoms with Gasteiger partial charge in [0.25, 0.3) is 5.69 Å². The van der Waals surface area contributed by atoms with Crippen molar-refractivity contribution < 1.29 is 9.66 Å². The van der Waals surface area contributed by atoms with Gasteiger partial charge in [0.05, 0.1) is 16.0 Å². The SMILES string of the molecule is CCCCOc1cc(NC=C(C#N)C#N)c([N+](=O)[O-])cc1Br. The number of rotatable bonds is 7. The van der Waals surface area contributed by atoms with E-state index < -0.39 is 4.92 Å². The summed E-state index contributed by atoms with van der Waals surface area (Å²) < 4.78 is 6.02. The van der Waals surface area contributed by atoms with Gasteiger partial charge in [-0.2, -0.15) is 10.5 Å². The molecule has 0 aliphatic heterocycles. The topological polar surface area (TPSA) is 112 Å². The molecule has 0 unspecified atom stereocenters. The summed E-state index contributed by atoms with van der Waals surface area (Å²) in [5.41, 5.74) is -0.241. The molecule has 1 rings (SSSR count). The van der Waals surface area contributed by atoms with Crippen molar-refractivity contribution in [3.05, 3.63) is 38.5 Å². The normalized spacial score (nSPS) is 9.27. The third-order valence-electron chi connectivity index (χ3n) is 2.62. The maximum absolute atomic E-state index is 11.1. The lowest BCUT2D eigenvalue weighted by Crippen LogP contribution is -2.01. The standard InChI is InChI=1S/C14H13BrN4O3/c1-2-3-4-22-14-6-12(18-9-10(7-16)8-17)13(19(20)21)5-11(14)15/h5-6,9,18H,2-4H2,1H3. The van der Waals surface area contributed by atoms with Gasteiger partial charge < -0.3 is 10.1 Å². The summed E-state index contributed by atoms with van der Waals surface area (Å²) in [5.74, 6) is 0.449. The molecule has 0 bridgehead atoms. The molecule has 8 heteroatoms. The van der Waals surface area contributed by atoms with E-state index in [1.165, 1.54) is 12.1 Å². The van der Waals surface area contributed by atoms with Gasteiger partial charge in [-0.05, 0) is 22.4 Å². The number of unbranched alkanes of at least 4 members (excludes halogenated alkanes) is 1. The Balaban J connectivity index is 3.14. The van der Waals surface area contributed by atoms with E-state index in [1.54, 1.807) is 12.1 Å². The molecular formula is C14H13BrN4O3. The number of ether oxygens (including phenoxy) is 1. The maximum atomic E-state index is 11.1. The average molecular weight is 365 g/mol. The first-order valence-corrected chi connectivity index (χ1v) is 7.20. The fraction of sp³-hybridized carbons (Fsp3) is 0.286. The summed E-state index contributed by atoms with van der Waals surface area (Å²) in [5, 5.41) is 31.0. The van der Waals surface area contributed by atoms with E-state index >= 15 is 0 Å². The zero-order valence-corrected chi connectivity index (χ0v) is 13.4. The predicted octanol–water partition coefficient (Wildman–Crippen LogP) is 3.88. The highest BCUT2D eigenvalue weighted by Crippen LogP contribution is 2.36. The summed E-state index contributed by atoms with van der Waals surface area (Å²) in [7, 11) is 0. The van der Waals surface area contributed by atoms with Crippen LogP contribution in [0.25, 0.3) is 0 Å². The van der Waals surface area contributed by atoms with E-state index in [0.29, 0.717) is 16.8 Å². The minimum absolute atomic E-state index is 0.141. The largest absolute Gasteiger partial charge is 0.492 e. The van der Waals surface area contributed by atoms with Crippen molar-refractivity contribution in [1.29, 1.82) is 10.5 Å². The van der Waals surface area contributed by atoms with Gasteiger partial charge in [0, 0.05) is 18.3 Å². The lowest BCUT2D eigenvalue weighted by atomic mass is 10.2. The average Bonchev–Trinajstić information content (AvgIpc) is 2.50. The smallest absolute Gasteiger partial charge is 0.294 e. The molecule has 1 N–H and O–H groups in total. The first kappa shape index (κ1) is 17.5. The second-order valence-electron chi connectivity index (χ2n) is 4.18. The summed E-state index contributed by atoms with van der Waals surface area (Å²) in [6, 6.07) is 6.11. The van der Waals surface area contributed by atoms with Crippen LogP contribution in [0.2, 0.25) is 0 Å². The Kier molecular flexibility index (Phi) is 6.87. The number of anilines is 1. The number of nitro groups is 1. The fourth-order valence-electron chi connectivity index (χ4n) is 1.49. The number of hydrogen-bond acceptors (Lipinski definition) is 6. The second-order valence-corrected chi connectivity index (χ2v) is 5.04. The molecule has 1 aromatic rings. The van der Waals surface area contributed by atoms with Crippen LogP contribution in [-0.4, -0.2) is 11.5 Å². The molecule has 0 amide bonds. The minimum Gasteiger partial charge on any atom is -0.492 e. The minimum atomic E-state index is -0.560. The van der Waals surface area contributed by atoms with Crippen molar-refractivity contribution in [2.45, 2.75) is 19.8 Å². The summed E-state index contributed by atoms with van der Waals surface area (Å²) >= 11 is 3.23. The van der Waals surface area contributed by atoms with E-state index in [9.17, 15) is 10.1 Å². The molecular weight excluding hydrogens is 352 g/mol. The Bertz CT molecular complexity index is 658. The van der Waals surface area contributed by atoms with Crippen molar-refractivity contribution in [3.63, 3.8) is 0 Å². The highest BCUT2D eigenvalue weighted by Gasteiger charge is 2.17. The molecule has 114 valence electrons. The summed E-state index contributed by atoms with van der Waals surface area (Å²) in [4.78, 5) is 10.5. The van der Waals surface area contributed by atoms with Crippen molar-refractivity contribution in [2.24, 2.45) is 0 Å². The third-order valence-corrected chi connectivity index (χ3v) is 3.23. The predicted molar refractivity (Wildman–Crippen MR) is 84.1 cm³/mol. The molecule has 22 heavy (non-hydrogen) atoms. The highest BCUT2D eigenvalue weighted by atomic mass is 79.9. The van der Waals surface area contributed by atoms with Gasteiger partial charge in [-0.3, -0.25) is 10.1 Å². The Hall–Kier alpha value is -2.58. The molecule has 0 fully saturated rings. The highest BCUT2D eigenvalue weighted by molar-refractivity contribution is 9.10. The molecule has 0 heterocycles. The number of halogens is 1. The van der Waals surface area contributed by atoms with Crippen molar-refractivity contribution in [1.82, 2.24) is 0 Å². The van der Waals surface area contributed by atoms with E-state index in [1.807, 2.05) is 6.92 Å². The molecule has 0 atom stereocenters. The number of nitrogens with one attached hydrogen (secondary N) is 1. The van der Waals surface area contributed by atoms with Crippen LogP contribution < -0.4 is 10.1 Å². The van der Waals surface area contributed by atoms with Crippen molar-refractivity contribution in [3.8, 4) is 17.9 Å². The van der Waals surface area contributed by atoms with Crippen molar-refractivity contribution >= 4 is 27.3 Å². The molecule has 1 aromatic carbocycles. The van der Waals surface area contributed by atoms with Crippen LogP contribution in [0.1, 0.15) is 19.8 Å². The monoisotopic (exact) mass is 364 g/mol. The van der Waals surface area contributed by atoms with Gasteiger partial charge in [0.15, 0.2) is 0 Å². The zero-order valence-electron chi connectivity index (χ0n) is 11.8. The van der Waals surface area contributed by atoms with E-state index in [0.717, 1.165) is 19.0 Å². The molecule has 0 saturated carbocycles. The van der Waals surface area contributed by atoms with Gasteiger partial charge in [-0.15, -0.1) is 0 Å². The lowest BCUT2D eigenvalue weighted by Gasteiger charge is -2.10. The van der Waals surface area contributed by atoms with Crippen LogP contribution in [0.3, 0.4) is 0 Å². The molecule has 0 aliphatic rings. The van der Waals surface area contributed by atoms with E-state index in [4.69, 9.17) is 15.3 Å². The quantitative estimate of drug-likeness (QED) is 0.340. The van der Waals surface area contributed by atoms with Gasteiger partial charge in [-0.1, -0.05) is 13.3 Å². The maximum Gasteiger partial charge on any atom is 0.294 e. The number of nitro benzene ring substituents is 1. The fourth-order valence-corrected chi connectivity index (χ4v) is 1.93. The van der Waals surface area contributed by atoms with Gasteiger partial charge in [0.1, 0.15) is 29.1 Å². The van der Waals surface area contributed by atoms with Crippen LogP contribution in [0.4, 0.5) is 11.4 Å². The summed E-state index contributed by atoms with van der Waals surface area (Å²) in [6.07, 6.45) is 2.94. The summed E-state index contributed by atoms with van der Waals surface area (Å²) in [6.45, 7) is 2.52. The number of hydrogen-bond donors (Lipinski definition) is 1. The van der Waals surface area contributed by atoms with Crippen LogP contribution >= 0.6 is 15.9 Å². The van der Waals surface area contributed by atoms with Crippen LogP contribution in [0, 0.1) is 32.8 Å². The first-order chi connectivity index (χ1) is 10.5. The number of nitriles is 2. The molecule has 0 saturated heterocycles. The molecule has 0 spiro atoms. The molecule has 0 radical (unpaired) electrons. The van der Waals surface area contributed by atoms with E-state index in [-0.39, 0.29) is 16.9 Å². The van der Waals surface area contributed by atoms with Gasteiger partial charge in [0.2, 0.25) is 0 Å². The Labute approximate surface area is 136 Å². The number of nitrogens with zero attached hydrogens (tertiary/aromatic N) is 3. The van der Waals surface area contributed by atoms with E-state index in [2.05, 4.69) is 21.2 Å². The Morgan fingerprint density at radius 1 is 1.50 bits per heavy atom. The second kappa shape index (κ2) is 8.65. The van der Waals surface area contributed by atoms with Gasteiger partial charge >= 0.3 is 0 Å². The molecule has 0 aromatic heterocycles. The van der Waals surface area contributed by atoms with Gasteiger partial charge in [-0.25, -0.2) is 0 Å². The number of allylic oxidation sites excluding steroid dienone is 1. The third kappa shape index (κ3) is 4.76. The Morgan fingerprint density at radius 2 is 2.18 bits per heavy atom.